The summed E-state index contributed by atoms with van der Waals surface area (Å²) in [7, 11) is 0. The van der Waals surface area contributed by atoms with Gasteiger partial charge in [-0.25, -0.2) is 9.07 Å². The van der Waals surface area contributed by atoms with Crippen LogP contribution in [0, 0.1) is 5.82 Å². The maximum atomic E-state index is 13.3. The Bertz CT molecular complexity index is 884. The zero-order valence-electron chi connectivity index (χ0n) is 16.9. The van der Waals surface area contributed by atoms with Crippen molar-refractivity contribution in [3.63, 3.8) is 0 Å². The van der Waals surface area contributed by atoms with E-state index in [1.165, 1.54) is 28.6 Å². The fourth-order valence-electron chi connectivity index (χ4n) is 2.76. The minimum atomic E-state index is -0.646. The highest BCUT2D eigenvalue weighted by Crippen LogP contribution is 2.36. The second-order valence-corrected chi connectivity index (χ2v) is 8.84. The van der Waals surface area contributed by atoms with Crippen LogP contribution >= 0.6 is 23.5 Å². The first-order valence-electron chi connectivity index (χ1n) is 9.76. The molecule has 0 spiro atoms. The van der Waals surface area contributed by atoms with Crippen molar-refractivity contribution in [3.8, 4) is 0 Å². The number of amides is 2. The lowest BCUT2D eigenvalue weighted by Gasteiger charge is -2.18. The van der Waals surface area contributed by atoms with Crippen molar-refractivity contribution in [2.24, 2.45) is 0 Å². The topological polar surface area (TPSA) is 106 Å². The molecule has 0 radical (unpaired) electrons. The van der Waals surface area contributed by atoms with E-state index < -0.39 is 5.25 Å². The molecule has 1 aromatic heterocycles. The van der Waals surface area contributed by atoms with Gasteiger partial charge in [0.25, 0.3) is 0 Å². The number of rotatable bonds is 10. The molecule has 1 saturated carbocycles. The summed E-state index contributed by atoms with van der Waals surface area (Å²) in [5, 5.41) is 11.2. The Morgan fingerprint density at radius 3 is 2.47 bits per heavy atom. The van der Waals surface area contributed by atoms with Gasteiger partial charge >= 0.3 is 0 Å². The smallest absolute Gasteiger partial charge is 0.238 e. The summed E-state index contributed by atoms with van der Waals surface area (Å²) in [4.78, 5) is 26.7. The second kappa shape index (κ2) is 10.2. The summed E-state index contributed by atoms with van der Waals surface area (Å²) in [5.41, 5.74) is 0.647. The van der Waals surface area contributed by atoms with Crippen LogP contribution in [-0.2, 0) is 9.59 Å². The summed E-state index contributed by atoms with van der Waals surface area (Å²) in [6, 6.07) is 5.99. The fourth-order valence-corrected chi connectivity index (χ4v) is 4.54. The van der Waals surface area contributed by atoms with Crippen LogP contribution in [0.4, 0.5) is 4.39 Å². The van der Waals surface area contributed by atoms with Crippen molar-refractivity contribution in [2.75, 3.05) is 24.7 Å². The lowest BCUT2D eigenvalue weighted by molar-refractivity contribution is -0.128. The molecule has 0 bridgehead atoms. The third kappa shape index (κ3) is 5.66. The molecular formula is C19H25FN6O2S2. The predicted molar refractivity (Wildman–Crippen MR) is 115 cm³/mol. The Balaban J connectivity index is 1.72. The zero-order valence-corrected chi connectivity index (χ0v) is 18.5. The summed E-state index contributed by atoms with van der Waals surface area (Å²) in [6.45, 7) is 5.13. The molecule has 11 heteroatoms. The molecule has 1 heterocycles. The molecule has 0 aliphatic heterocycles. The number of nitrogens with zero attached hydrogens (tertiary/aromatic N) is 4. The number of hydrogen-bond acceptors (Lipinski definition) is 7. The highest BCUT2D eigenvalue weighted by molar-refractivity contribution is 8.00. The van der Waals surface area contributed by atoms with E-state index in [2.05, 4.69) is 15.5 Å². The largest absolute Gasteiger partial charge is 0.352 e. The molecule has 30 heavy (non-hydrogen) atoms. The Labute approximate surface area is 183 Å². The maximum absolute atomic E-state index is 13.3. The maximum Gasteiger partial charge on any atom is 0.238 e. The molecule has 2 aromatic rings. The molecule has 1 aromatic carbocycles. The van der Waals surface area contributed by atoms with Crippen molar-refractivity contribution < 1.29 is 14.0 Å². The van der Waals surface area contributed by atoms with Crippen LogP contribution in [0.3, 0.4) is 0 Å². The van der Waals surface area contributed by atoms with Gasteiger partial charge in [-0.3, -0.25) is 9.59 Å². The fraction of sp³-hybridized carbons (Fsp3) is 0.474. The summed E-state index contributed by atoms with van der Waals surface area (Å²) in [6.07, 6.45) is 1.92. The minimum absolute atomic E-state index is 0.00444. The molecule has 3 rings (SSSR count). The van der Waals surface area contributed by atoms with E-state index in [1.54, 1.807) is 17.0 Å². The Hall–Kier alpha value is -2.27. The molecule has 3 N–H and O–H groups in total. The van der Waals surface area contributed by atoms with E-state index in [-0.39, 0.29) is 29.4 Å². The Morgan fingerprint density at radius 1 is 1.23 bits per heavy atom. The van der Waals surface area contributed by atoms with E-state index in [9.17, 15) is 14.0 Å². The number of halogens is 1. The number of carbonyl (C=O) groups excluding carboxylic acids is 2. The van der Waals surface area contributed by atoms with Crippen molar-refractivity contribution in [2.45, 2.75) is 48.3 Å². The first-order chi connectivity index (χ1) is 14.4. The van der Waals surface area contributed by atoms with Crippen LogP contribution in [0.1, 0.15) is 37.5 Å². The average molecular weight is 453 g/mol. The SMILES string of the molecule is CCN(CC)C(=O)CSc1nnc(S[C@H](C(=O)NC2CC2)c2ccc(F)cc2)n1N. The third-order valence-corrected chi connectivity index (χ3v) is 6.77. The lowest BCUT2D eigenvalue weighted by atomic mass is 10.1. The number of hydrogen-bond donors (Lipinski definition) is 2. The molecule has 162 valence electrons. The van der Waals surface area contributed by atoms with Crippen molar-refractivity contribution in [1.29, 1.82) is 0 Å². The van der Waals surface area contributed by atoms with Gasteiger partial charge < -0.3 is 16.1 Å². The highest BCUT2D eigenvalue weighted by atomic mass is 32.2. The van der Waals surface area contributed by atoms with Gasteiger partial charge in [0.2, 0.25) is 22.1 Å². The quantitative estimate of drug-likeness (QED) is 0.420. The van der Waals surface area contributed by atoms with Crippen molar-refractivity contribution in [1.82, 2.24) is 25.1 Å². The summed E-state index contributed by atoms with van der Waals surface area (Å²) >= 11 is 2.34. The van der Waals surface area contributed by atoms with Crippen molar-refractivity contribution >= 4 is 35.3 Å². The van der Waals surface area contributed by atoms with E-state index in [0.717, 1.165) is 24.6 Å². The van der Waals surface area contributed by atoms with Gasteiger partial charge in [-0.15, -0.1) is 10.2 Å². The van der Waals surface area contributed by atoms with E-state index in [4.69, 9.17) is 5.84 Å². The Morgan fingerprint density at radius 2 is 1.87 bits per heavy atom. The number of nitrogens with two attached hydrogens (primary N) is 1. The van der Waals surface area contributed by atoms with Crippen LogP contribution in [0.5, 0.6) is 0 Å². The predicted octanol–water partition coefficient (Wildman–Crippen LogP) is 2.20. The molecule has 8 nitrogen and oxygen atoms in total. The van der Waals surface area contributed by atoms with Crippen LogP contribution in [0.15, 0.2) is 34.6 Å². The summed E-state index contributed by atoms with van der Waals surface area (Å²) in [5.74, 6) is 5.77. The van der Waals surface area contributed by atoms with Crippen molar-refractivity contribution in [3.05, 3.63) is 35.6 Å². The van der Waals surface area contributed by atoms with Gasteiger partial charge in [-0.05, 0) is 44.4 Å². The second-order valence-electron chi connectivity index (χ2n) is 6.82. The number of thioether (sulfide) groups is 2. The third-order valence-electron chi connectivity index (χ3n) is 4.63. The molecule has 1 aliphatic carbocycles. The van der Waals surface area contributed by atoms with Gasteiger partial charge in [-0.1, -0.05) is 35.7 Å². The number of benzene rings is 1. The van der Waals surface area contributed by atoms with E-state index in [1.807, 2.05) is 13.8 Å². The number of nitrogen functional groups attached to an aromatic ring is 1. The van der Waals surface area contributed by atoms with Gasteiger partial charge in [0.05, 0.1) is 5.75 Å². The van der Waals surface area contributed by atoms with Crippen LogP contribution in [0.2, 0.25) is 0 Å². The normalized spacial score (nSPS) is 14.4. The lowest BCUT2D eigenvalue weighted by Crippen LogP contribution is -2.32. The highest BCUT2D eigenvalue weighted by Gasteiger charge is 2.30. The molecule has 1 aliphatic rings. The molecule has 1 atom stereocenters. The molecule has 0 saturated heterocycles. The zero-order chi connectivity index (χ0) is 21.7. The van der Waals surface area contributed by atoms with Crippen LogP contribution in [-0.4, -0.2) is 56.5 Å². The van der Waals surface area contributed by atoms with Crippen LogP contribution < -0.4 is 11.2 Å². The standard InChI is InChI=1S/C19H25FN6O2S2/c1-3-25(4-2)15(27)11-29-18-23-24-19(26(18)21)30-16(17(28)22-14-9-10-14)12-5-7-13(20)8-6-12/h5-8,14,16H,3-4,9-11,21H2,1-2H3,(H,22,28)/t16-/m0/s1. The van der Waals surface area contributed by atoms with Gasteiger partial charge in [0, 0.05) is 19.1 Å². The van der Waals surface area contributed by atoms with E-state index >= 15 is 0 Å². The van der Waals surface area contributed by atoms with Gasteiger partial charge in [-0.2, -0.15) is 0 Å². The molecule has 1 fully saturated rings. The van der Waals surface area contributed by atoms with Crippen LogP contribution in [0.25, 0.3) is 0 Å². The molecular weight excluding hydrogens is 427 g/mol. The number of nitrogens with one attached hydrogen (secondary N) is 1. The molecule has 0 unspecified atom stereocenters. The first-order valence-corrected chi connectivity index (χ1v) is 11.6. The van der Waals surface area contributed by atoms with E-state index in [0.29, 0.717) is 29.0 Å². The Kier molecular flexibility index (Phi) is 7.59. The number of carbonyl (C=O) groups is 2. The average Bonchev–Trinajstić information content (AvgIpc) is 3.48. The minimum Gasteiger partial charge on any atom is -0.352 e. The summed E-state index contributed by atoms with van der Waals surface area (Å²) < 4.78 is 14.6. The van der Waals surface area contributed by atoms with Gasteiger partial charge in [0.15, 0.2) is 0 Å². The molecule has 2 amide bonds. The number of aromatic nitrogens is 3. The van der Waals surface area contributed by atoms with Gasteiger partial charge in [0.1, 0.15) is 11.1 Å². The monoisotopic (exact) mass is 452 g/mol. The first kappa shape index (κ1) is 22.4.